The molecule has 0 aromatic carbocycles. The summed E-state index contributed by atoms with van der Waals surface area (Å²) in [5.74, 6) is 0. The molecule has 0 aliphatic heterocycles. The lowest BCUT2D eigenvalue weighted by atomic mass is 10.1. The third-order valence-corrected chi connectivity index (χ3v) is 3.08. The van der Waals surface area contributed by atoms with E-state index in [1.807, 2.05) is 19.2 Å². The molecule has 1 aromatic rings. The van der Waals surface area contributed by atoms with Gasteiger partial charge in [0.2, 0.25) is 0 Å². The molecular formula is C18H26N2. The summed E-state index contributed by atoms with van der Waals surface area (Å²) in [6.07, 6.45) is 10.5. The molecule has 20 heavy (non-hydrogen) atoms. The van der Waals surface area contributed by atoms with Crippen molar-refractivity contribution in [2.45, 2.75) is 33.6 Å². The molecule has 0 amide bonds. The largest absolute Gasteiger partial charge is 0.385 e. The number of unbranched alkanes of at least 4 members (excludes halogenated alkanes) is 1. The highest BCUT2D eigenvalue weighted by Crippen LogP contribution is 2.19. The zero-order valence-corrected chi connectivity index (χ0v) is 12.9. The highest BCUT2D eigenvalue weighted by atomic mass is 14.9. The monoisotopic (exact) mass is 270 g/mol. The lowest BCUT2D eigenvalue weighted by molar-refractivity contribution is 0.745. The Labute approximate surface area is 123 Å². The molecule has 0 saturated carbocycles. The Balaban J connectivity index is 2.69. The highest BCUT2D eigenvalue weighted by Gasteiger charge is 2.04. The minimum Gasteiger partial charge on any atom is -0.385 e. The first-order chi connectivity index (χ1) is 9.58. The van der Waals surface area contributed by atoms with E-state index in [0.717, 1.165) is 35.5 Å². The Morgan fingerprint density at radius 2 is 2.15 bits per heavy atom. The number of H-pyrrole nitrogens is 1. The lowest BCUT2D eigenvalue weighted by Gasteiger charge is -2.06. The summed E-state index contributed by atoms with van der Waals surface area (Å²) in [5.41, 5.74) is 5.25. The van der Waals surface area contributed by atoms with E-state index < -0.39 is 0 Å². The van der Waals surface area contributed by atoms with Crippen molar-refractivity contribution >= 4 is 11.3 Å². The lowest BCUT2D eigenvalue weighted by Crippen LogP contribution is -2.12. The molecule has 0 aliphatic carbocycles. The summed E-state index contributed by atoms with van der Waals surface area (Å²) >= 11 is 0. The topological polar surface area (TPSA) is 27.8 Å². The van der Waals surface area contributed by atoms with Gasteiger partial charge in [0.1, 0.15) is 0 Å². The van der Waals surface area contributed by atoms with Crippen molar-refractivity contribution in [1.29, 1.82) is 0 Å². The van der Waals surface area contributed by atoms with Gasteiger partial charge >= 0.3 is 0 Å². The predicted molar refractivity (Wildman–Crippen MR) is 90.3 cm³/mol. The summed E-state index contributed by atoms with van der Waals surface area (Å²) in [6, 6.07) is 2.09. The molecule has 108 valence electrons. The van der Waals surface area contributed by atoms with Gasteiger partial charge in [-0.2, -0.15) is 0 Å². The summed E-state index contributed by atoms with van der Waals surface area (Å²) in [6.45, 7) is 15.4. The van der Waals surface area contributed by atoms with E-state index >= 15 is 0 Å². The highest BCUT2D eigenvalue weighted by molar-refractivity contribution is 5.74. The van der Waals surface area contributed by atoms with Crippen molar-refractivity contribution in [3.05, 3.63) is 60.5 Å². The van der Waals surface area contributed by atoms with E-state index in [4.69, 9.17) is 0 Å². The first-order valence-electron chi connectivity index (χ1n) is 7.20. The number of aromatic nitrogens is 1. The Morgan fingerprint density at radius 3 is 2.80 bits per heavy atom. The van der Waals surface area contributed by atoms with Gasteiger partial charge in [-0.15, -0.1) is 0 Å². The van der Waals surface area contributed by atoms with Crippen molar-refractivity contribution < 1.29 is 0 Å². The molecule has 1 heterocycles. The van der Waals surface area contributed by atoms with Crippen LogP contribution in [0.1, 0.15) is 44.9 Å². The molecule has 0 saturated heterocycles. The van der Waals surface area contributed by atoms with Crippen LogP contribution < -0.4 is 5.32 Å². The summed E-state index contributed by atoms with van der Waals surface area (Å²) < 4.78 is 0. The van der Waals surface area contributed by atoms with Gasteiger partial charge in [0.05, 0.1) is 0 Å². The van der Waals surface area contributed by atoms with Crippen LogP contribution in [0.4, 0.5) is 0 Å². The number of hydrogen-bond donors (Lipinski definition) is 2. The van der Waals surface area contributed by atoms with Gasteiger partial charge in [-0.25, -0.2) is 0 Å². The molecule has 0 atom stereocenters. The van der Waals surface area contributed by atoms with Gasteiger partial charge in [-0.05, 0) is 31.9 Å². The zero-order valence-electron chi connectivity index (χ0n) is 12.9. The van der Waals surface area contributed by atoms with Gasteiger partial charge in [0, 0.05) is 29.7 Å². The molecule has 2 nitrogen and oxygen atoms in total. The molecule has 0 spiro atoms. The minimum atomic E-state index is 0.961. The molecule has 0 aliphatic rings. The summed E-state index contributed by atoms with van der Waals surface area (Å²) in [7, 11) is 0. The maximum Gasteiger partial charge on any atom is 0.0454 e. The zero-order chi connectivity index (χ0) is 15.0. The van der Waals surface area contributed by atoms with Gasteiger partial charge in [-0.1, -0.05) is 50.3 Å². The van der Waals surface area contributed by atoms with Crippen molar-refractivity contribution in [3.63, 3.8) is 0 Å². The van der Waals surface area contributed by atoms with Crippen LogP contribution in [0, 0.1) is 0 Å². The molecule has 2 heteroatoms. The van der Waals surface area contributed by atoms with E-state index in [1.165, 1.54) is 12.0 Å². The number of allylic oxidation sites excluding steroid dienone is 5. The van der Waals surface area contributed by atoms with Crippen LogP contribution >= 0.6 is 0 Å². The maximum absolute atomic E-state index is 4.10. The maximum atomic E-state index is 4.10. The normalized spacial score (nSPS) is 11.8. The van der Waals surface area contributed by atoms with Gasteiger partial charge in [-0.3, -0.25) is 0 Å². The predicted octanol–water partition coefficient (Wildman–Crippen LogP) is 4.91. The van der Waals surface area contributed by atoms with E-state index in [2.05, 4.69) is 55.5 Å². The fourth-order valence-corrected chi connectivity index (χ4v) is 1.94. The number of nitrogens with one attached hydrogen (secondary N) is 2. The van der Waals surface area contributed by atoms with Gasteiger partial charge < -0.3 is 10.3 Å². The van der Waals surface area contributed by atoms with Crippen LogP contribution in [0.25, 0.3) is 11.3 Å². The Kier molecular flexibility index (Phi) is 6.65. The van der Waals surface area contributed by atoms with Crippen molar-refractivity contribution in [2.24, 2.45) is 0 Å². The molecule has 1 rings (SSSR count). The first-order valence-corrected chi connectivity index (χ1v) is 7.20. The second-order valence-corrected chi connectivity index (χ2v) is 4.97. The second-order valence-electron chi connectivity index (χ2n) is 4.97. The second kappa shape index (κ2) is 8.26. The van der Waals surface area contributed by atoms with E-state index in [1.54, 1.807) is 0 Å². The Hall–Kier alpha value is -1.96. The fourth-order valence-electron chi connectivity index (χ4n) is 1.94. The number of rotatable bonds is 8. The van der Waals surface area contributed by atoms with Crippen LogP contribution in [0.3, 0.4) is 0 Å². The Bertz CT molecular complexity index is 515. The van der Waals surface area contributed by atoms with Crippen LogP contribution in [0.5, 0.6) is 0 Å². The fraction of sp³-hybridized carbons (Fsp3) is 0.333. The van der Waals surface area contributed by atoms with Crippen molar-refractivity contribution in [3.8, 4) is 0 Å². The summed E-state index contributed by atoms with van der Waals surface area (Å²) in [5, 5.41) is 3.34. The first kappa shape index (κ1) is 16.1. The standard InChI is InChI=1S/C18H26N2/c1-6-8-10-19-16(5)17-12-18(20-13-17)15(4)11-14(3)9-7-2/h7,9,11-13,19-20H,4-6,8,10H2,1-3H3/b9-7-,14-11-. The average Bonchev–Trinajstić information content (AvgIpc) is 2.88. The van der Waals surface area contributed by atoms with Gasteiger partial charge in [0.15, 0.2) is 0 Å². The molecule has 0 fully saturated rings. The molecule has 0 radical (unpaired) electrons. The van der Waals surface area contributed by atoms with E-state index in [-0.39, 0.29) is 0 Å². The van der Waals surface area contributed by atoms with E-state index in [9.17, 15) is 0 Å². The summed E-state index contributed by atoms with van der Waals surface area (Å²) in [4.78, 5) is 3.26. The minimum absolute atomic E-state index is 0.961. The quantitative estimate of drug-likeness (QED) is 0.510. The molecule has 0 bridgehead atoms. The molecule has 1 aromatic heterocycles. The third-order valence-electron chi connectivity index (χ3n) is 3.08. The Morgan fingerprint density at radius 1 is 1.40 bits per heavy atom. The van der Waals surface area contributed by atoms with Crippen molar-refractivity contribution in [1.82, 2.24) is 10.3 Å². The van der Waals surface area contributed by atoms with Crippen LogP contribution in [-0.4, -0.2) is 11.5 Å². The van der Waals surface area contributed by atoms with Crippen LogP contribution in [-0.2, 0) is 0 Å². The average molecular weight is 270 g/mol. The van der Waals surface area contributed by atoms with Gasteiger partial charge in [0.25, 0.3) is 0 Å². The van der Waals surface area contributed by atoms with Crippen molar-refractivity contribution in [2.75, 3.05) is 6.54 Å². The third kappa shape index (κ3) is 4.96. The number of aromatic amines is 1. The molecule has 0 unspecified atom stereocenters. The van der Waals surface area contributed by atoms with Crippen LogP contribution in [0.2, 0.25) is 0 Å². The SMILES string of the molecule is C=C(NCCCC)c1c[nH]c(C(=C)/C=C(C)\C=C/C)c1. The van der Waals surface area contributed by atoms with Crippen LogP contribution in [0.15, 0.2) is 49.2 Å². The molecular weight excluding hydrogens is 244 g/mol. The van der Waals surface area contributed by atoms with E-state index in [0.29, 0.717) is 0 Å². The smallest absolute Gasteiger partial charge is 0.0454 e. The number of hydrogen-bond acceptors (Lipinski definition) is 1. The molecule has 2 N–H and O–H groups in total.